The lowest BCUT2D eigenvalue weighted by atomic mass is 10.2. The Morgan fingerprint density at radius 3 is 2.74 bits per heavy atom. The summed E-state index contributed by atoms with van der Waals surface area (Å²) in [5, 5.41) is 3.12. The van der Waals surface area contributed by atoms with E-state index in [9.17, 15) is 4.79 Å². The third kappa shape index (κ3) is 2.08. The summed E-state index contributed by atoms with van der Waals surface area (Å²) in [5.41, 5.74) is 3.49. The smallest absolute Gasteiger partial charge is 0.271 e. The van der Waals surface area contributed by atoms with Gasteiger partial charge in [-0.15, -0.1) is 0 Å². The number of aromatic amines is 1. The molecule has 0 saturated carbocycles. The van der Waals surface area contributed by atoms with E-state index >= 15 is 0 Å². The normalized spacial score (nSPS) is 10.6. The van der Waals surface area contributed by atoms with Gasteiger partial charge in [0, 0.05) is 24.0 Å². The summed E-state index contributed by atoms with van der Waals surface area (Å²) in [6.45, 7) is 1.98. The molecule has 0 radical (unpaired) electrons. The first-order chi connectivity index (χ1) is 9.25. The SMILES string of the molecule is Cc1ccccc1-n1[nH]c(-c2cccnc2)cc1=O. The average Bonchev–Trinajstić information content (AvgIpc) is 2.82. The minimum Gasteiger partial charge on any atom is -0.290 e. The predicted molar refractivity (Wildman–Crippen MR) is 74.4 cm³/mol. The maximum Gasteiger partial charge on any atom is 0.271 e. The van der Waals surface area contributed by atoms with Crippen LogP contribution in [0.15, 0.2) is 59.7 Å². The molecule has 0 aliphatic carbocycles. The minimum atomic E-state index is -0.0758. The number of rotatable bonds is 2. The van der Waals surface area contributed by atoms with Gasteiger partial charge in [0.15, 0.2) is 0 Å². The van der Waals surface area contributed by atoms with Crippen molar-refractivity contribution in [3.63, 3.8) is 0 Å². The van der Waals surface area contributed by atoms with Crippen molar-refractivity contribution in [1.82, 2.24) is 14.8 Å². The van der Waals surface area contributed by atoms with Crippen LogP contribution in [0.25, 0.3) is 16.9 Å². The molecule has 19 heavy (non-hydrogen) atoms. The van der Waals surface area contributed by atoms with Gasteiger partial charge in [-0.3, -0.25) is 14.9 Å². The fourth-order valence-electron chi connectivity index (χ4n) is 2.06. The van der Waals surface area contributed by atoms with Gasteiger partial charge >= 0.3 is 0 Å². The van der Waals surface area contributed by atoms with Crippen LogP contribution >= 0.6 is 0 Å². The molecule has 3 aromatic rings. The van der Waals surface area contributed by atoms with Crippen molar-refractivity contribution in [2.45, 2.75) is 6.92 Å². The fraction of sp³-hybridized carbons (Fsp3) is 0.0667. The Bertz CT molecular complexity index is 756. The van der Waals surface area contributed by atoms with Crippen molar-refractivity contribution >= 4 is 0 Å². The molecule has 3 rings (SSSR count). The maximum atomic E-state index is 12.1. The summed E-state index contributed by atoms with van der Waals surface area (Å²) in [5.74, 6) is 0. The van der Waals surface area contributed by atoms with E-state index in [4.69, 9.17) is 0 Å². The number of para-hydroxylation sites is 1. The van der Waals surface area contributed by atoms with Crippen LogP contribution in [0.5, 0.6) is 0 Å². The van der Waals surface area contributed by atoms with E-state index in [0.29, 0.717) is 0 Å². The molecule has 0 aliphatic rings. The Labute approximate surface area is 110 Å². The second-order valence-electron chi connectivity index (χ2n) is 4.37. The van der Waals surface area contributed by atoms with Crippen molar-refractivity contribution < 1.29 is 0 Å². The van der Waals surface area contributed by atoms with Gasteiger partial charge in [-0.05, 0) is 30.7 Å². The van der Waals surface area contributed by atoms with E-state index in [1.165, 1.54) is 0 Å². The number of aromatic nitrogens is 3. The van der Waals surface area contributed by atoms with Crippen LogP contribution in [0.4, 0.5) is 0 Å². The molecule has 4 heteroatoms. The molecular formula is C15H13N3O. The molecule has 0 saturated heterocycles. The Kier molecular flexibility index (Phi) is 2.76. The van der Waals surface area contributed by atoms with Crippen LogP contribution in [0.2, 0.25) is 0 Å². The van der Waals surface area contributed by atoms with Gasteiger partial charge in [0.1, 0.15) is 0 Å². The van der Waals surface area contributed by atoms with Gasteiger partial charge in [0.25, 0.3) is 5.56 Å². The lowest BCUT2D eigenvalue weighted by molar-refractivity contribution is 0.845. The monoisotopic (exact) mass is 251 g/mol. The zero-order valence-electron chi connectivity index (χ0n) is 10.5. The topological polar surface area (TPSA) is 50.7 Å². The second-order valence-corrected chi connectivity index (χ2v) is 4.37. The number of hydrogen-bond donors (Lipinski definition) is 1. The molecular weight excluding hydrogens is 238 g/mol. The Morgan fingerprint density at radius 1 is 1.16 bits per heavy atom. The fourth-order valence-corrected chi connectivity index (χ4v) is 2.06. The van der Waals surface area contributed by atoms with Crippen molar-refractivity contribution in [2.24, 2.45) is 0 Å². The molecule has 0 spiro atoms. The van der Waals surface area contributed by atoms with Gasteiger partial charge in [-0.25, -0.2) is 4.68 Å². The van der Waals surface area contributed by atoms with Crippen LogP contribution in [0.3, 0.4) is 0 Å². The summed E-state index contributed by atoms with van der Waals surface area (Å²) >= 11 is 0. The van der Waals surface area contributed by atoms with E-state index in [-0.39, 0.29) is 5.56 Å². The summed E-state index contributed by atoms with van der Waals surface area (Å²) in [6, 6.07) is 13.1. The highest BCUT2D eigenvalue weighted by Gasteiger charge is 2.08. The number of aryl methyl sites for hydroxylation is 1. The molecule has 0 fully saturated rings. The first-order valence-corrected chi connectivity index (χ1v) is 6.04. The maximum absolute atomic E-state index is 12.1. The summed E-state index contributed by atoms with van der Waals surface area (Å²) in [4.78, 5) is 16.1. The van der Waals surface area contributed by atoms with Crippen LogP contribution < -0.4 is 5.56 Å². The van der Waals surface area contributed by atoms with Crippen molar-refractivity contribution in [2.75, 3.05) is 0 Å². The lowest BCUT2D eigenvalue weighted by Gasteiger charge is -2.05. The van der Waals surface area contributed by atoms with Gasteiger partial charge in [0.05, 0.1) is 11.4 Å². The predicted octanol–water partition coefficient (Wildman–Crippen LogP) is 2.54. The number of benzene rings is 1. The molecule has 0 atom stereocenters. The van der Waals surface area contributed by atoms with E-state index in [2.05, 4.69) is 10.1 Å². The molecule has 1 aromatic carbocycles. The molecule has 2 aromatic heterocycles. The first-order valence-electron chi connectivity index (χ1n) is 6.04. The Hall–Kier alpha value is -2.62. The number of H-pyrrole nitrogens is 1. The summed E-state index contributed by atoms with van der Waals surface area (Å²) in [6.07, 6.45) is 3.44. The van der Waals surface area contributed by atoms with Gasteiger partial charge in [0.2, 0.25) is 0 Å². The number of nitrogens with zero attached hydrogens (tertiary/aromatic N) is 2. The van der Waals surface area contributed by atoms with E-state index in [1.807, 2.05) is 43.3 Å². The molecule has 4 nitrogen and oxygen atoms in total. The van der Waals surface area contributed by atoms with Crippen LogP contribution in [-0.2, 0) is 0 Å². The summed E-state index contributed by atoms with van der Waals surface area (Å²) in [7, 11) is 0. The Morgan fingerprint density at radius 2 is 2.00 bits per heavy atom. The molecule has 0 amide bonds. The number of pyridine rings is 1. The minimum absolute atomic E-state index is 0.0758. The zero-order valence-corrected chi connectivity index (χ0v) is 10.5. The van der Waals surface area contributed by atoms with Gasteiger partial charge in [-0.2, -0.15) is 0 Å². The van der Waals surface area contributed by atoms with E-state index in [0.717, 1.165) is 22.5 Å². The van der Waals surface area contributed by atoms with E-state index in [1.54, 1.807) is 23.1 Å². The van der Waals surface area contributed by atoms with Gasteiger partial charge < -0.3 is 0 Å². The molecule has 2 heterocycles. The zero-order chi connectivity index (χ0) is 13.2. The van der Waals surface area contributed by atoms with E-state index < -0.39 is 0 Å². The second kappa shape index (κ2) is 4.57. The van der Waals surface area contributed by atoms with Crippen LogP contribution in [-0.4, -0.2) is 14.8 Å². The third-order valence-electron chi connectivity index (χ3n) is 3.05. The highest BCUT2D eigenvalue weighted by atomic mass is 16.1. The van der Waals surface area contributed by atoms with Gasteiger partial charge in [-0.1, -0.05) is 18.2 Å². The first kappa shape index (κ1) is 11.5. The Balaban J connectivity index is 2.14. The molecule has 0 bridgehead atoms. The number of hydrogen-bond acceptors (Lipinski definition) is 2. The highest BCUT2D eigenvalue weighted by molar-refractivity contribution is 5.57. The molecule has 1 N–H and O–H groups in total. The molecule has 0 aliphatic heterocycles. The van der Waals surface area contributed by atoms with Crippen molar-refractivity contribution in [3.8, 4) is 16.9 Å². The quantitative estimate of drug-likeness (QED) is 0.761. The molecule has 0 unspecified atom stereocenters. The standard InChI is InChI=1S/C15H13N3O/c1-11-5-2-3-7-14(11)18-15(19)9-13(17-18)12-6-4-8-16-10-12/h2-10,17H,1H3. The van der Waals surface area contributed by atoms with Crippen LogP contribution in [0, 0.1) is 6.92 Å². The van der Waals surface area contributed by atoms with Crippen molar-refractivity contribution in [1.29, 1.82) is 0 Å². The molecule has 94 valence electrons. The largest absolute Gasteiger partial charge is 0.290 e. The highest BCUT2D eigenvalue weighted by Crippen LogP contribution is 2.16. The summed E-state index contributed by atoms with van der Waals surface area (Å²) < 4.78 is 1.55. The lowest BCUT2D eigenvalue weighted by Crippen LogP contribution is -2.14. The third-order valence-corrected chi connectivity index (χ3v) is 3.05. The van der Waals surface area contributed by atoms with Crippen LogP contribution in [0.1, 0.15) is 5.56 Å². The number of nitrogens with one attached hydrogen (secondary N) is 1. The van der Waals surface area contributed by atoms with Crippen molar-refractivity contribution in [3.05, 3.63) is 70.8 Å². The average molecular weight is 251 g/mol.